The molecule has 2 aromatic rings. The van der Waals surface area contributed by atoms with Gasteiger partial charge in [-0.1, -0.05) is 17.7 Å². The topological polar surface area (TPSA) is 52.4 Å². The zero-order chi connectivity index (χ0) is 16.8. The van der Waals surface area contributed by atoms with Crippen LogP contribution in [0.4, 0.5) is 5.82 Å². The van der Waals surface area contributed by atoms with Crippen molar-refractivity contribution in [2.75, 3.05) is 44.2 Å². The fourth-order valence-electron chi connectivity index (χ4n) is 2.77. The first-order chi connectivity index (χ1) is 11.8. The van der Waals surface area contributed by atoms with Crippen LogP contribution in [0.5, 0.6) is 5.75 Å². The zero-order valence-corrected chi connectivity index (χ0v) is 14.1. The summed E-state index contributed by atoms with van der Waals surface area (Å²) < 4.78 is 5.74. The number of hydrogen-bond acceptors (Lipinski definition) is 5. The molecule has 1 aliphatic rings. The number of pyridine rings is 1. The quantitative estimate of drug-likeness (QED) is 0.836. The molecule has 1 aromatic heterocycles. The van der Waals surface area contributed by atoms with Crippen molar-refractivity contribution in [1.29, 1.82) is 5.26 Å². The number of halogens is 1. The molecular weight excluding hydrogens is 324 g/mol. The van der Waals surface area contributed by atoms with Gasteiger partial charge in [0.1, 0.15) is 24.2 Å². The molecule has 2 heterocycles. The van der Waals surface area contributed by atoms with Gasteiger partial charge in [0.2, 0.25) is 0 Å². The van der Waals surface area contributed by atoms with E-state index in [1.54, 1.807) is 12.3 Å². The highest BCUT2D eigenvalue weighted by molar-refractivity contribution is 6.30. The molecule has 1 aliphatic heterocycles. The molecule has 0 aliphatic carbocycles. The second kappa shape index (κ2) is 8.00. The fourth-order valence-corrected chi connectivity index (χ4v) is 2.95. The molecule has 0 radical (unpaired) electrons. The molecule has 0 unspecified atom stereocenters. The third kappa shape index (κ3) is 4.16. The average molecular weight is 343 g/mol. The first kappa shape index (κ1) is 16.6. The second-order valence-electron chi connectivity index (χ2n) is 5.62. The molecule has 24 heavy (non-hydrogen) atoms. The van der Waals surface area contributed by atoms with Crippen LogP contribution < -0.4 is 9.64 Å². The Morgan fingerprint density at radius 1 is 1.17 bits per heavy atom. The van der Waals surface area contributed by atoms with E-state index in [1.165, 1.54) is 0 Å². The number of rotatable bonds is 5. The summed E-state index contributed by atoms with van der Waals surface area (Å²) in [5, 5.41) is 9.88. The predicted molar refractivity (Wildman–Crippen MR) is 94.6 cm³/mol. The molecule has 6 heteroatoms. The molecule has 0 saturated carbocycles. The molecule has 5 nitrogen and oxygen atoms in total. The molecule has 1 saturated heterocycles. The maximum atomic E-state index is 9.19. The van der Waals surface area contributed by atoms with Crippen LogP contribution in [0.2, 0.25) is 5.02 Å². The number of hydrogen-bond donors (Lipinski definition) is 0. The van der Waals surface area contributed by atoms with E-state index in [1.807, 2.05) is 30.3 Å². The summed E-state index contributed by atoms with van der Waals surface area (Å²) in [4.78, 5) is 8.89. The number of aromatic nitrogens is 1. The summed E-state index contributed by atoms with van der Waals surface area (Å²) in [6.45, 7) is 5.09. The standard InChI is InChI=1S/C18H19ClN4O/c19-16-4-1-5-17(13-16)24-12-11-22-7-9-23(10-8-22)18-15(14-20)3-2-6-21-18/h1-6,13H,7-12H2. The van der Waals surface area contributed by atoms with Crippen LogP contribution in [0.15, 0.2) is 42.6 Å². The number of piperazine rings is 1. The minimum atomic E-state index is 0.632. The van der Waals surface area contributed by atoms with E-state index in [9.17, 15) is 5.26 Å². The number of anilines is 1. The van der Waals surface area contributed by atoms with E-state index in [-0.39, 0.29) is 0 Å². The highest BCUT2D eigenvalue weighted by atomic mass is 35.5. The normalized spacial score (nSPS) is 15.1. The highest BCUT2D eigenvalue weighted by Gasteiger charge is 2.19. The van der Waals surface area contributed by atoms with Gasteiger partial charge in [0.15, 0.2) is 0 Å². The van der Waals surface area contributed by atoms with Crippen molar-refractivity contribution in [3.63, 3.8) is 0 Å². The summed E-state index contributed by atoms with van der Waals surface area (Å²) >= 11 is 5.95. The smallest absolute Gasteiger partial charge is 0.146 e. The Morgan fingerprint density at radius 3 is 2.75 bits per heavy atom. The predicted octanol–water partition coefficient (Wildman–Crippen LogP) is 2.81. The van der Waals surface area contributed by atoms with Crippen LogP contribution in [-0.2, 0) is 0 Å². The first-order valence-corrected chi connectivity index (χ1v) is 8.35. The van der Waals surface area contributed by atoms with Crippen LogP contribution >= 0.6 is 11.6 Å². The molecule has 1 fully saturated rings. The summed E-state index contributed by atoms with van der Waals surface area (Å²) in [6, 6.07) is 13.3. The van der Waals surface area contributed by atoms with Crippen molar-refractivity contribution in [1.82, 2.24) is 9.88 Å². The van der Waals surface area contributed by atoms with Crippen molar-refractivity contribution in [3.05, 3.63) is 53.2 Å². The number of ether oxygens (including phenoxy) is 1. The Bertz CT molecular complexity index is 723. The zero-order valence-electron chi connectivity index (χ0n) is 13.4. The third-order valence-electron chi connectivity index (χ3n) is 4.05. The Kier molecular flexibility index (Phi) is 5.52. The van der Waals surface area contributed by atoms with Gasteiger partial charge in [0.05, 0.1) is 5.56 Å². The van der Waals surface area contributed by atoms with Crippen molar-refractivity contribution < 1.29 is 4.74 Å². The average Bonchev–Trinajstić information content (AvgIpc) is 2.62. The Hall–Kier alpha value is -2.29. The van der Waals surface area contributed by atoms with E-state index in [2.05, 4.69) is 20.9 Å². The lowest BCUT2D eigenvalue weighted by Crippen LogP contribution is -2.48. The van der Waals surface area contributed by atoms with Crippen molar-refractivity contribution in [3.8, 4) is 11.8 Å². The van der Waals surface area contributed by atoms with Gasteiger partial charge in [-0.05, 0) is 30.3 Å². The highest BCUT2D eigenvalue weighted by Crippen LogP contribution is 2.19. The van der Waals surface area contributed by atoms with Gasteiger partial charge in [-0.3, -0.25) is 4.90 Å². The van der Waals surface area contributed by atoms with Crippen LogP contribution in [0.25, 0.3) is 0 Å². The molecular formula is C18H19ClN4O. The maximum Gasteiger partial charge on any atom is 0.146 e. The largest absolute Gasteiger partial charge is 0.492 e. The van der Waals surface area contributed by atoms with Gasteiger partial charge in [-0.25, -0.2) is 4.98 Å². The Balaban J connectivity index is 1.46. The van der Waals surface area contributed by atoms with E-state index in [0.717, 1.165) is 44.3 Å². The van der Waals surface area contributed by atoms with Crippen molar-refractivity contribution >= 4 is 17.4 Å². The SMILES string of the molecule is N#Cc1cccnc1N1CCN(CCOc2cccc(Cl)c2)CC1. The molecule has 0 N–H and O–H groups in total. The Labute approximate surface area is 147 Å². The van der Waals surface area contributed by atoms with Gasteiger partial charge in [-0.15, -0.1) is 0 Å². The van der Waals surface area contributed by atoms with E-state index >= 15 is 0 Å². The maximum absolute atomic E-state index is 9.19. The number of benzene rings is 1. The third-order valence-corrected chi connectivity index (χ3v) is 4.29. The van der Waals surface area contributed by atoms with Crippen LogP contribution in [0.1, 0.15) is 5.56 Å². The van der Waals surface area contributed by atoms with E-state index < -0.39 is 0 Å². The lowest BCUT2D eigenvalue weighted by molar-refractivity contribution is 0.200. The second-order valence-corrected chi connectivity index (χ2v) is 6.06. The van der Waals surface area contributed by atoms with Gasteiger partial charge in [-0.2, -0.15) is 5.26 Å². The van der Waals surface area contributed by atoms with Crippen molar-refractivity contribution in [2.24, 2.45) is 0 Å². The van der Waals surface area contributed by atoms with Gasteiger partial charge < -0.3 is 9.64 Å². The molecule has 3 rings (SSSR count). The van der Waals surface area contributed by atoms with Crippen molar-refractivity contribution in [2.45, 2.75) is 0 Å². The van der Waals surface area contributed by atoms with Gasteiger partial charge in [0, 0.05) is 43.9 Å². The summed E-state index contributed by atoms with van der Waals surface area (Å²) in [5.74, 6) is 1.59. The lowest BCUT2D eigenvalue weighted by Gasteiger charge is -2.35. The monoisotopic (exact) mass is 342 g/mol. The van der Waals surface area contributed by atoms with Gasteiger partial charge >= 0.3 is 0 Å². The number of nitriles is 1. The molecule has 1 aromatic carbocycles. The van der Waals surface area contributed by atoms with E-state index in [4.69, 9.17) is 16.3 Å². The minimum Gasteiger partial charge on any atom is -0.492 e. The molecule has 0 amide bonds. The Morgan fingerprint density at radius 2 is 2.00 bits per heavy atom. The minimum absolute atomic E-state index is 0.632. The van der Waals surface area contributed by atoms with Crippen LogP contribution in [0.3, 0.4) is 0 Å². The van der Waals surface area contributed by atoms with E-state index in [0.29, 0.717) is 17.2 Å². The molecule has 0 bridgehead atoms. The number of nitrogens with zero attached hydrogens (tertiary/aromatic N) is 4. The van der Waals surface area contributed by atoms with Gasteiger partial charge in [0.25, 0.3) is 0 Å². The summed E-state index contributed by atoms with van der Waals surface area (Å²) in [6.07, 6.45) is 1.74. The van der Waals surface area contributed by atoms with Crippen LogP contribution in [0, 0.1) is 11.3 Å². The fraction of sp³-hybridized carbons (Fsp3) is 0.333. The summed E-state index contributed by atoms with van der Waals surface area (Å²) in [5.41, 5.74) is 0.634. The lowest BCUT2D eigenvalue weighted by atomic mass is 10.2. The molecule has 0 atom stereocenters. The molecule has 124 valence electrons. The molecule has 0 spiro atoms. The first-order valence-electron chi connectivity index (χ1n) is 7.97. The van der Waals surface area contributed by atoms with Crippen LogP contribution in [-0.4, -0.2) is 49.2 Å². The summed E-state index contributed by atoms with van der Waals surface area (Å²) in [7, 11) is 0.